The van der Waals surface area contributed by atoms with Crippen LogP contribution in [0.15, 0.2) is 0 Å². The number of amides is 1. The van der Waals surface area contributed by atoms with E-state index in [1.165, 1.54) is 32.1 Å². The van der Waals surface area contributed by atoms with E-state index in [9.17, 15) is 17.6 Å². The minimum Gasteiger partial charge on any atom is -0.350 e. The second-order valence-electron chi connectivity index (χ2n) is 14.2. The van der Waals surface area contributed by atoms with Gasteiger partial charge in [-0.3, -0.25) is 14.6 Å². The second-order valence-corrected chi connectivity index (χ2v) is 16.3. The Morgan fingerprint density at radius 1 is 1.02 bits per heavy atom. The highest BCUT2D eigenvalue weighted by Gasteiger charge is 2.46. The molecule has 1 saturated carbocycles. The lowest BCUT2D eigenvalue weighted by Gasteiger charge is -2.50. The van der Waals surface area contributed by atoms with Crippen LogP contribution in [0.2, 0.25) is 0 Å². The highest BCUT2D eigenvalue weighted by atomic mass is 32.2. The molecule has 0 bridgehead atoms. The SMILES string of the molecule is CCC1(C)CCC(F)CNC(C(C(=O)NC2CN(C3CCCCC3)CCC2N2CCN3[C@@H](CCS3(=O)=O)C2)C(N)N)C1. The average Bonchev–Trinajstić information content (AvgIpc) is 3.27. The van der Waals surface area contributed by atoms with E-state index in [0.717, 1.165) is 38.8 Å². The lowest BCUT2D eigenvalue weighted by Crippen LogP contribution is -2.67. The predicted molar refractivity (Wildman–Crippen MR) is 164 cm³/mol. The van der Waals surface area contributed by atoms with Crippen molar-refractivity contribution in [3.63, 3.8) is 0 Å². The number of nitrogens with one attached hydrogen (secondary N) is 2. The second kappa shape index (κ2) is 13.6. The maximum absolute atomic E-state index is 14.7. The van der Waals surface area contributed by atoms with Crippen molar-refractivity contribution in [3.05, 3.63) is 0 Å². The highest BCUT2D eigenvalue weighted by Crippen LogP contribution is 2.37. The molecule has 0 spiro atoms. The van der Waals surface area contributed by atoms with E-state index in [0.29, 0.717) is 38.5 Å². The zero-order chi connectivity index (χ0) is 30.1. The number of nitrogens with two attached hydrogens (primary N) is 2. The van der Waals surface area contributed by atoms with Crippen LogP contribution in [-0.4, -0.2) is 116 Å². The third kappa shape index (κ3) is 7.32. The predicted octanol–water partition coefficient (Wildman–Crippen LogP) is 1.35. The van der Waals surface area contributed by atoms with E-state index in [-0.39, 0.29) is 47.8 Å². The summed E-state index contributed by atoms with van der Waals surface area (Å²) in [4.78, 5) is 19.2. The molecule has 4 heterocycles. The number of halogens is 1. The molecule has 7 atom stereocenters. The van der Waals surface area contributed by atoms with Gasteiger partial charge < -0.3 is 22.1 Å². The van der Waals surface area contributed by atoms with Gasteiger partial charge in [-0.15, -0.1) is 0 Å². The molecule has 6 N–H and O–H groups in total. The van der Waals surface area contributed by atoms with Crippen LogP contribution in [0.4, 0.5) is 4.39 Å². The van der Waals surface area contributed by atoms with Gasteiger partial charge in [-0.1, -0.05) is 39.5 Å². The quantitative estimate of drug-likeness (QED) is 0.316. The van der Waals surface area contributed by atoms with Crippen LogP contribution < -0.4 is 22.1 Å². The van der Waals surface area contributed by atoms with E-state index in [1.807, 2.05) is 0 Å². The molecule has 5 rings (SSSR count). The third-order valence-electron chi connectivity index (χ3n) is 11.4. The lowest BCUT2D eigenvalue weighted by atomic mass is 9.73. The van der Waals surface area contributed by atoms with Gasteiger partial charge in [-0.2, -0.15) is 4.31 Å². The number of alkyl halides is 1. The molecule has 0 aromatic heterocycles. The molecule has 5 aliphatic rings. The van der Waals surface area contributed by atoms with Crippen LogP contribution in [-0.2, 0) is 14.8 Å². The number of hydrogen-bond acceptors (Lipinski definition) is 8. The number of carbonyl (C=O) groups excluding carboxylic acids is 1. The fourth-order valence-electron chi connectivity index (χ4n) is 8.56. The van der Waals surface area contributed by atoms with Gasteiger partial charge in [0.1, 0.15) is 6.17 Å². The number of piperazine rings is 1. The summed E-state index contributed by atoms with van der Waals surface area (Å²) in [6.07, 6.45) is 8.89. The number of nitrogens with zero attached hydrogens (tertiary/aromatic N) is 3. The highest BCUT2D eigenvalue weighted by molar-refractivity contribution is 7.89. The zero-order valence-corrected chi connectivity index (χ0v) is 26.7. The minimum atomic E-state index is -3.14. The molecule has 242 valence electrons. The van der Waals surface area contributed by atoms with Crippen molar-refractivity contribution in [2.45, 2.75) is 127 Å². The van der Waals surface area contributed by atoms with Crippen molar-refractivity contribution in [3.8, 4) is 0 Å². The molecule has 0 aromatic carbocycles. The summed E-state index contributed by atoms with van der Waals surface area (Å²) in [6.45, 7) is 8.17. The summed E-state index contributed by atoms with van der Waals surface area (Å²) in [5.41, 5.74) is 12.6. The average molecular weight is 614 g/mol. The fourth-order valence-corrected chi connectivity index (χ4v) is 10.4. The molecule has 1 amide bonds. The Labute approximate surface area is 252 Å². The molecular formula is C30H56FN7O3S. The first-order chi connectivity index (χ1) is 20.0. The molecule has 12 heteroatoms. The van der Waals surface area contributed by atoms with Gasteiger partial charge in [0, 0.05) is 63.4 Å². The van der Waals surface area contributed by atoms with Crippen LogP contribution in [0, 0.1) is 11.3 Å². The number of likely N-dealkylation sites (tertiary alicyclic amines) is 1. The number of piperidine rings is 1. The smallest absolute Gasteiger partial charge is 0.227 e. The summed E-state index contributed by atoms with van der Waals surface area (Å²) in [6, 6.07) is 0.259. The molecule has 0 radical (unpaired) electrons. The van der Waals surface area contributed by atoms with Gasteiger partial charge >= 0.3 is 0 Å². The van der Waals surface area contributed by atoms with Crippen molar-refractivity contribution in [2.24, 2.45) is 22.8 Å². The number of rotatable bonds is 7. The van der Waals surface area contributed by atoms with E-state index in [4.69, 9.17) is 11.5 Å². The molecule has 0 aromatic rings. The Morgan fingerprint density at radius 2 is 1.79 bits per heavy atom. The zero-order valence-electron chi connectivity index (χ0n) is 25.9. The topological polar surface area (TPSA) is 137 Å². The maximum atomic E-state index is 14.7. The van der Waals surface area contributed by atoms with Crippen molar-refractivity contribution in [1.29, 1.82) is 0 Å². The van der Waals surface area contributed by atoms with Crippen LogP contribution in [0.5, 0.6) is 0 Å². The summed E-state index contributed by atoms with van der Waals surface area (Å²) in [5, 5.41) is 6.78. The van der Waals surface area contributed by atoms with Crippen molar-refractivity contribution in [1.82, 2.24) is 24.7 Å². The van der Waals surface area contributed by atoms with E-state index in [2.05, 4.69) is 34.3 Å². The Kier molecular flexibility index (Phi) is 10.5. The van der Waals surface area contributed by atoms with Crippen LogP contribution >= 0.6 is 0 Å². The molecule has 10 nitrogen and oxygen atoms in total. The normalized spacial score (nSPS) is 38.5. The first kappa shape index (κ1) is 32.5. The van der Waals surface area contributed by atoms with Crippen molar-refractivity contribution in [2.75, 3.05) is 45.0 Å². The van der Waals surface area contributed by atoms with Gasteiger partial charge in [0.15, 0.2) is 0 Å². The number of hydrogen-bond donors (Lipinski definition) is 4. The Hall–Kier alpha value is -0.890. The molecule has 4 saturated heterocycles. The van der Waals surface area contributed by atoms with Crippen molar-refractivity contribution < 1.29 is 17.6 Å². The van der Waals surface area contributed by atoms with Crippen LogP contribution in [0.25, 0.3) is 0 Å². The molecule has 42 heavy (non-hydrogen) atoms. The summed E-state index contributed by atoms with van der Waals surface area (Å²) < 4.78 is 41.4. The maximum Gasteiger partial charge on any atom is 0.227 e. The molecule has 1 aliphatic carbocycles. The van der Waals surface area contributed by atoms with E-state index < -0.39 is 28.3 Å². The van der Waals surface area contributed by atoms with E-state index >= 15 is 0 Å². The van der Waals surface area contributed by atoms with Gasteiger partial charge in [0.2, 0.25) is 15.9 Å². The minimum absolute atomic E-state index is 0.0150. The first-order valence-corrected chi connectivity index (χ1v) is 18.3. The number of carbonyl (C=O) groups is 1. The standard InChI is InChI=1S/C30H56FN7O3S/c1-3-30(2)12-9-21(31)18-34-24(17-30)27(28(32)33)29(39)35-25-20-36(22-7-5-4-6-8-22)13-10-26(25)37-14-15-38-23(19-37)11-16-42(38,40)41/h21-28,34H,3-20,32-33H2,1-2H3,(H,35,39)/t21?,23-,24?,25?,26?,27?,30?/m0/s1. The largest absolute Gasteiger partial charge is 0.350 e. The Bertz CT molecular complexity index is 1030. The fraction of sp³-hybridized carbons (Fsp3) is 0.967. The molecule has 6 unspecified atom stereocenters. The molecular weight excluding hydrogens is 557 g/mol. The van der Waals surface area contributed by atoms with Gasteiger partial charge in [0.25, 0.3) is 0 Å². The van der Waals surface area contributed by atoms with Gasteiger partial charge in [0.05, 0.1) is 23.9 Å². The van der Waals surface area contributed by atoms with Gasteiger partial charge in [-0.05, 0) is 50.4 Å². The molecule has 4 aliphatic heterocycles. The van der Waals surface area contributed by atoms with Crippen LogP contribution in [0.1, 0.15) is 84.5 Å². The lowest BCUT2D eigenvalue weighted by molar-refractivity contribution is -0.129. The molecule has 5 fully saturated rings. The Balaban J connectivity index is 1.34. The van der Waals surface area contributed by atoms with Crippen LogP contribution in [0.3, 0.4) is 0 Å². The summed E-state index contributed by atoms with van der Waals surface area (Å²) in [5.74, 6) is -0.602. The Morgan fingerprint density at radius 3 is 2.50 bits per heavy atom. The van der Waals surface area contributed by atoms with Gasteiger partial charge in [-0.25, -0.2) is 12.8 Å². The number of sulfonamides is 1. The summed E-state index contributed by atoms with van der Waals surface area (Å²) in [7, 11) is -3.14. The monoisotopic (exact) mass is 613 g/mol. The first-order valence-electron chi connectivity index (χ1n) is 16.7. The number of fused-ring (bicyclic) bond motifs is 1. The van der Waals surface area contributed by atoms with Crippen molar-refractivity contribution >= 4 is 15.9 Å². The summed E-state index contributed by atoms with van der Waals surface area (Å²) >= 11 is 0. The van der Waals surface area contributed by atoms with E-state index in [1.54, 1.807) is 4.31 Å². The third-order valence-corrected chi connectivity index (χ3v) is 13.3.